The maximum absolute atomic E-state index is 14.6. The number of hydrogen-bond donors (Lipinski definition) is 1. The van der Waals surface area contributed by atoms with Gasteiger partial charge in [0.2, 0.25) is 5.78 Å². The first-order valence-electron chi connectivity index (χ1n) is 10.1. The minimum absolute atomic E-state index is 0.169. The Hall–Kier alpha value is -3.20. The van der Waals surface area contributed by atoms with Gasteiger partial charge in [0.15, 0.2) is 0 Å². The molecule has 4 heterocycles. The van der Waals surface area contributed by atoms with Crippen LogP contribution in [0.3, 0.4) is 0 Å². The van der Waals surface area contributed by atoms with Crippen molar-refractivity contribution in [2.45, 2.75) is 6.92 Å². The number of benzene rings is 1. The first-order chi connectivity index (χ1) is 14.6. The lowest BCUT2D eigenvalue weighted by atomic mass is 10.0. The third-order valence-corrected chi connectivity index (χ3v) is 5.54. The number of rotatable bonds is 3. The van der Waals surface area contributed by atoms with Crippen molar-refractivity contribution >= 4 is 23.3 Å². The number of aromatic nitrogens is 3. The predicted molar refractivity (Wildman–Crippen MR) is 111 cm³/mol. The van der Waals surface area contributed by atoms with E-state index in [1.165, 1.54) is 6.07 Å². The van der Waals surface area contributed by atoms with Gasteiger partial charge in [0.25, 0.3) is 0 Å². The fraction of sp³-hybridized carbons (Fsp3) is 0.381. The van der Waals surface area contributed by atoms with Gasteiger partial charge in [-0.1, -0.05) is 6.92 Å². The quantitative estimate of drug-likeness (QED) is 0.719. The Labute approximate surface area is 173 Å². The summed E-state index contributed by atoms with van der Waals surface area (Å²) < 4.78 is 21.9. The molecule has 0 radical (unpaired) electrons. The van der Waals surface area contributed by atoms with Crippen LogP contribution in [0.4, 0.5) is 20.7 Å². The van der Waals surface area contributed by atoms with Gasteiger partial charge < -0.3 is 19.9 Å². The molecule has 156 valence electrons. The molecule has 0 atom stereocenters. The summed E-state index contributed by atoms with van der Waals surface area (Å²) in [7, 11) is 0. The lowest BCUT2D eigenvalue weighted by Gasteiger charge is -2.37. The van der Waals surface area contributed by atoms with Crippen LogP contribution in [0.2, 0.25) is 0 Å². The Balaban J connectivity index is 1.41. The normalized spacial score (nSPS) is 17.3. The molecule has 2 fully saturated rings. The fourth-order valence-corrected chi connectivity index (χ4v) is 3.90. The van der Waals surface area contributed by atoms with Crippen LogP contribution >= 0.6 is 0 Å². The molecule has 5 rings (SSSR count). The third-order valence-electron chi connectivity index (χ3n) is 5.54. The average molecular weight is 410 g/mol. The molecule has 30 heavy (non-hydrogen) atoms. The van der Waals surface area contributed by atoms with E-state index in [0.29, 0.717) is 41.9 Å². The first kappa shape index (κ1) is 18.8. The molecule has 2 saturated heterocycles. The van der Waals surface area contributed by atoms with E-state index in [2.05, 4.69) is 27.1 Å². The molecule has 2 aliphatic rings. The molecular formula is C21H23FN6O2. The first-order valence-corrected chi connectivity index (χ1v) is 10.1. The van der Waals surface area contributed by atoms with Gasteiger partial charge in [-0.15, -0.1) is 0 Å². The molecular weight excluding hydrogens is 387 g/mol. The number of likely N-dealkylation sites (tertiary alicyclic amines) is 1. The molecule has 3 aromatic rings. The topological polar surface area (TPSA) is 75.0 Å². The van der Waals surface area contributed by atoms with Crippen molar-refractivity contribution in [1.82, 2.24) is 19.3 Å². The monoisotopic (exact) mass is 410 g/mol. The van der Waals surface area contributed by atoms with Crippen LogP contribution in [-0.2, 0) is 4.74 Å². The minimum atomic E-state index is -0.401. The summed E-state index contributed by atoms with van der Waals surface area (Å²) >= 11 is 0. The van der Waals surface area contributed by atoms with Gasteiger partial charge in [-0.05, 0) is 30.2 Å². The molecule has 1 aromatic carbocycles. The second-order valence-electron chi connectivity index (χ2n) is 7.83. The van der Waals surface area contributed by atoms with E-state index in [4.69, 9.17) is 4.74 Å². The highest BCUT2D eigenvalue weighted by Crippen LogP contribution is 2.27. The number of amides is 2. The zero-order valence-corrected chi connectivity index (χ0v) is 16.7. The average Bonchev–Trinajstić information content (AvgIpc) is 3.16. The number of halogens is 1. The van der Waals surface area contributed by atoms with E-state index >= 15 is 0 Å². The number of fused-ring (bicyclic) bond motifs is 1. The number of ether oxygens (including phenoxy) is 1. The number of anilines is 2. The van der Waals surface area contributed by atoms with Crippen LogP contribution in [0.5, 0.6) is 0 Å². The second kappa shape index (κ2) is 7.56. The number of imidazole rings is 1. The third kappa shape index (κ3) is 3.45. The Morgan fingerprint density at radius 3 is 2.80 bits per heavy atom. The summed E-state index contributed by atoms with van der Waals surface area (Å²) in [5.41, 5.74) is 1.32. The Morgan fingerprint density at radius 1 is 1.23 bits per heavy atom. The Bertz CT molecular complexity index is 1090. The van der Waals surface area contributed by atoms with Crippen molar-refractivity contribution in [2.24, 2.45) is 5.92 Å². The van der Waals surface area contributed by atoms with E-state index in [-0.39, 0.29) is 6.03 Å². The number of nitrogens with one attached hydrogen (secondary N) is 1. The summed E-state index contributed by atoms with van der Waals surface area (Å²) in [6.07, 6.45) is 3.63. The molecule has 2 aromatic heterocycles. The zero-order chi connectivity index (χ0) is 20.7. The molecule has 8 nitrogen and oxygen atoms in total. The molecule has 9 heteroatoms. The van der Waals surface area contributed by atoms with Gasteiger partial charge in [-0.3, -0.25) is 4.40 Å². The van der Waals surface area contributed by atoms with Gasteiger partial charge in [-0.25, -0.2) is 19.2 Å². The molecule has 0 unspecified atom stereocenters. The van der Waals surface area contributed by atoms with Crippen molar-refractivity contribution in [3.63, 3.8) is 0 Å². The van der Waals surface area contributed by atoms with Crippen molar-refractivity contribution in [3.05, 3.63) is 42.5 Å². The van der Waals surface area contributed by atoms with Crippen molar-refractivity contribution in [2.75, 3.05) is 49.6 Å². The van der Waals surface area contributed by atoms with Crippen LogP contribution < -0.4 is 10.2 Å². The van der Waals surface area contributed by atoms with Gasteiger partial charge in [0.05, 0.1) is 25.1 Å². The van der Waals surface area contributed by atoms with Crippen LogP contribution in [0, 0.1) is 11.7 Å². The van der Waals surface area contributed by atoms with Crippen molar-refractivity contribution < 1.29 is 13.9 Å². The van der Waals surface area contributed by atoms with Crippen molar-refractivity contribution in [1.29, 1.82) is 0 Å². The number of urea groups is 1. The number of nitrogens with zero attached hydrogens (tertiary/aromatic N) is 5. The van der Waals surface area contributed by atoms with Crippen LogP contribution in [0.25, 0.3) is 17.0 Å². The SMILES string of the molecule is CC1CN(C(=O)Nc2ccc(F)c(-c3ccn4c(N5CCOCC5)cnc4n3)c2)C1. The Kier molecular flexibility index (Phi) is 4.74. The lowest BCUT2D eigenvalue weighted by Crippen LogP contribution is -2.50. The van der Waals surface area contributed by atoms with Gasteiger partial charge in [0, 0.05) is 43.6 Å². The largest absolute Gasteiger partial charge is 0.378 e. The second-order valence-corrected chi connectivity index (χ2v) is 7.83. The summed E-state index contributed by atoms with van der Waals surface area (Å²) in [5, 5.41) is 2.84. The maximum Gasteiger partial charge on any atom is 0.321 e. The molecule has 0 aliphatic carbocycles. The summed E-state index contributed by atoms with van der Waals surface area (Å²) in [6, 6.07) is 6.11. The molecule has 2 aliphatic heterocycles. The highest BCUT2D eigenvalue weighted by atomic mass is 19.1. The van der Waals surface area contributed by atoms with Gasteiger partial charge in [0.1, 0.15) is 11.6 Å². The van der Waals surface area contributed by atoms with Gasteiger partial charge >= 0.3 is 6.03 Å². The molecule has 0 bridgehead atoms. The highest BCUT2D eigenvalue weighted by Gasteiger charge is 2.27. The highest BCUT2D eigenvalue weighted by molar-refractivity contribution is 5.90. The number of carbonyl (C=O) groups excluding carboxylic acids is 1. The molecule has 0 saturated carbocycles. The minimum Gasteiger partial charge on any atom is -0.378 e. The van der Waals surface area contributed by atoms with Gasteiger partial charge in [-0.2, -0.15) is 0 Å². The predicted octanol–water partition coefficient (Wildman–Crippen LogP) is 2.86. The summed E-state index contributed by atoms with van der Waals surface area (Å²) in [4.78, 5) is 25.1. The standard InChI is InChI=1S/C21H23FN6O2/c1-14-12-27(13-14)21(29)24-15-2-3-17(22)16(10-15)18-4-5-28-19(11-23-20(28)25-18)26-6-8-30-9-7-26/h2-5,10-11,14H,6-9,12-13H2,1H3,(H,24,29). The van der Waals surface area contributed by atoms with Crippen LogP contribution in [0.1, 0.15) is 6.92 Å². The Morgan fingerprint density at radius 2 is 2.03 bits per heavy atom. The zero-order valence-electron chi connectivity index (χ0n) is 16.7. The molecule has 1 N–H and O–H groups in total. The summed E-state index contributed by atoms with van der Waals surface area (Å²) in [6.45, 7) is 6.52. The smallest absolute Gasteiger partial charge is 0.321 e. The van der Waals surface area contributed by atoms with Crippen LogP contribution in [0.15, 0.2) is 36.7 Å². The van der Waals surface area contributed by atoms with Crippen molar-refractivity contribution in [3.8, 4) is 11.3 Å². The maximum atomic E-state index is 14.6. The lowest BCUT2D eigenvalue weighted by molar-refractivity contribution is 0.122. The van der Waals surface area contributed by atoms with E-state index in [0.717, 1.165) is 32.0 Å². The summed E-state index contributed by atoms with van der Waals surface area (Å²) in [5.74, 6) is 1.56. The van der Waals surface area contributed by atoms with Crippen LogP contribution in [-0.4, -0.2) is 64.7 Å². The van der Waals surface area contributed by atoms with E-state index in [9.17, 15) is 9.18 Å². The number of hydrogen-bond acceptors (Lipinski definition) is 5. The number of morpholine rings is 1. The van der Waals surface area contributed by atoms with E-state index < -0.39 is 5.82 Å². The fourth-order valence-electron chi connectivity index (χ4n) is 3.90. The number of carbonyl (C=O) groups is 1. The molecule has 0 spiro atoms. The molecule has 2 amide bonds. The van der Waals surface area contributed by atoms with E-state index in [1.807, 2.05) is 10.6 Å². The van der Waals surface area contributed by atoms with E-state index in [1.54, 1.807) is 29.3 Å².